The number of carbonyl (C=O) groups excluding carboxylic acids is 2. The average Bonchev–Trinajstić information content (AvgIpc) is 3.48. The molecule has 0 unspecified atom stereocenters. The van der Waals surface area contributed by atoms with E-state index in [1.54, 1.807) is 34.9 Å². The molecule has 1 aromatic carbocycles. The summed E-state index contributed by atoms with van der Waals surface area (Å²) in [5.41, 5.74) is 1.11. The molecule has 1 saturated carbocycles. The van der Waals surface area contributed by atoms with Crippen LogP contribution >= 0.6 is 0 Å². The summed E-state index contributed by atoms with van der Waals surface area (Å²) in [5.74, 6) is -2.73. The number of hydrogen-bond donors (Lipinski definition) is 1. The zero-order valence-corrected chi connectivity index (χ0v) is 24.5. The van der Waals surface area contributed by atoms with E-state index in [-0.39, 0.29) is 62.0 Å². The second-order valence-electron chi connectivity index (χ2n) is 12.0. The third-order valence-corrected chi connectivity index (χ3v) is 9.24. The van der Waals surface area contributed by atoms with Gasteiger partial charge in [-0.3, -0.25) is 14.5 Å². The van der Waals surface area contributed by atoms with E-state index in [1.165, 1.54) is 0 Å². The third kappa shape index (κ3) is 6.68. The van der Waals surface area contributed by atoms with E-state index >= 15 is 0 Å². The lowest BCUT2D eigenvalue weighted by atomic mass is 9.90. The Labute approximate surface area is 249 Å². The number of amides is 2. The standard InChI is InChI=1S/C30H40F2N6O5/c1-41-19-20-17-38(35-34-20)24-7-6-22-10-15-42-26-5-3-2-4-23(26)29(40)37-14-13-36(21-8-11-30(31,32)12-9-21)18-25(37)28(39)33-16-27(24)43-22/h2-5,17,21-22,24-25,27H,6-16,18-19H2,1H3,(H,33,39)/t22-,24+,25-,27+/m0/s1. The number of carbonyl (C=O) groups is 2. The SMILES string of the molecule is COCc1cn([C@@H]2CC[C@H]3CCOc4ccccc4C(=O)N4CCN(C5CCC(F)(F)CC5)C[C@H]4C(=O)NC[C@H]2O3)nn1. The van der Waals surface area contributed by atoms with Crippen LogP contribution in [0.3, 0.4) is 0 Å². The number of fused-ring (bicyclic) bond motifs is 4. The molecule has 4 heterocycles. The van der Waals surface area contributed by atoms with Crippen LogP contribution in [0.1, 0.15) is 67.0 Å². The van der Waals surface area contributed by atoms with Crippen LogP contribution in [0.15, 0.2) is 30.5 Å². The molecule has 0 spiro atoms. The van der Waals surface area contributed by atoms with Gasteiger partial charge in [-0.1, -0.05) is 17.3 Å². The lowest BCUT2D eigenvalue weighted by Crippen LogP contribution is -2.63. The summed E-state index contributed by atoms with van der Waals surface area (Å²) in [6, 6.07) is 6.12. The summed E-state index contributed by atoms with van der Waals surface area (Å²) in [6.07, 6.45) is 4.00. The first-order valence-corrected chi connectivity index (χ1v) is 15.3. The number of methoxy groups -OCH3 is 1. The van der Waals surface area contributed by atoms with Crippen LogP contribution in [0.5, 0.6) is 5.75 Å². The maximum Gasteiger partial charge on any atom is 0.258 e. The van der Waals surface area contributed by atoms with Gasteiger partial charge in [0.15, 0.2) is 0 Å². The van der Waals surface area contributed by atoms with Crippen molar-refractivity contribution in [1.29, 1.82) is 0 Å². The smallest absolute Gasteiger partial charge is 0.258 e. The Kier molecular flexibility index (Phi) is 8.92. The molecule has 3 fully saturated rings. The Morgan fingerprint density at radius 2 is 1.91 bits per heavy atom. The number of nitrogens with zero attached hydrogens (tertiary/aromatic N) is 5. The van der Waals surface area contributed by atoms with Gasteiger partial charge in [-0.2, -0.15) is 0 Å². The van der Waals surface area contributed by atoms with Crippen molar-refractivity contribution in [3.63, 3.8) is 0 Å². The van der Waals surface area contributed by atoms with Crippen molar-refractivity contribution in [3.05, 3.63) is 41.7 Å². The van der Waals surface area contributed by atoms with Crippen LogP contribution in [0, 0.1) is 0 Å². The molecular formula is C30H40F2N6O5. The maximum absolute atomic E-state index is 13.9. The summed E-state index contributed by atoms with van der Waals surface area (Å²) < 4.78 is 47.4. The number of hydrogen-bond acceptors (Lipinski definition) is 8. The Morgan fingerprint density at radius 1 is 1.09 bits per heavy atom. The molecule has 13 heteroatoms. The molecule has 2 amide bonds. The van der Waals surface area contributed by atoms with E-state index in [4.69, 9.17) is 14.2 Å². The molecule has 1 aliphatic carbocycles. The minimum Gasteiger partial charge on any atom is -0.493 e. The highest BCUT2D eigenvalue weighted by atomic mass is 19.3. The van der Waals surface area contributed by atoms with E-state index < -0.39 is 12.0 Å². The molecule has 1 N–H and O–H groups in total. The van der Waals surface area contributed by atoms with Crippen LogP contribution in [0.4, 0.5) is 8.78 Å². The first-order valence-electron chi connectivity index (χ1n) is 15.3. The van der Waals surface area contributed by atoms with Crippen LogP contribution in [-0.4, -0.2) is 107 Å². The normalized spacial score (nSPS) is 29.1. The molecule has 2 aromatic rings. The van der Waals surface area contributed by atoms with Crippen molar-refractivity contribution in [2.24, 2.45) is 0 Å². The van der Waals surface area contributed by atoms with Gasteiger partial charge in [-0.25, -0.2) is 13.5 Å². The number of benzene rings is 1. The molecule has 4 aliphatic rings. The second kappa shape index (κ2) is 12.8. The topological polar surface area (TPSA) is 111 Å². The van der Waals surface area contributed by atoms with Crippen LogP contribution < -0.4 is 10.1 Å². The molecule has 234 valence electrons. The fraction of sp³-hybridized carbons (Fsp3) is 0.667. The van der Waals surface area contributed by atoms with Crippen LogP contribution in [-0.2, 0) is 20.9 Å². The molecule has 0 radical (unpaired) electrons. The quantitative estimate of drug-likeness (QED) is 0.569. The number of piperazine rings is 1. The largest absolute Gasteiger partial charge is 0.493 e. The lowest BCUT2D eigenvalue weighted by molar-refractivity contribution is -0.131. The van der Waals surface area contributed by atoms with Gasteiger partial charge in [0.05, 0.1) is 43.2 Å². The van der Waals surface area contributed by atoms with Crippen molar-refractivity contribution < 1.29 is 32.6 Å². The van der Waals surface area contributed by atoms with Gasteiger partial charge in [-0.05, 0) is 37.8 Å². The van der Waals surface area contributed by atoms with E-state index in [2.05, 4.69) is 20.5 Å². The summed E-state index contributed by atoms with van der Waals surface area (Å²) >= 11 is 0. The lowest BCUT2D eigenvalue weighted by Gasteiger charge is -2.45. The van der Waals surface area contributed by atoms with Gasteiger partial charge in [-0.15, -0.1) is 5.10 Å². The van der Waals surface area contributed by atoms with Crippen molar-refractivity contribution >= 4 is 11.8 Å². The molecule has 43 heavy (non-hydrogen) atoms. The number of halogens is 2. The predicted molar refractivity (Wildman–Crippen MR) is 151 cm³/mol. The van der Waals surface area contributed by atoms with E-state index in [0.717, 1.165) is 12.8 Å². The number of para-hydroxylation sites is 1. The van der Waals surface area contributed by atoms with Gasteiger partial charge >= 0.3 is 0 Å². The summed E-state index contributed by atoms with van der Waals surface area (Å²) in [6.45, 7) is 2.05. The van der Waals surface area contributed by atoms with E-state index in [1.807, 2.05) is 12.3 Å². The van der Waals surface area contributed by atoms with Crippen LogP contribution in [0.2, 0.25) is 0 Å². The molecule has 3 aliphatic heterocycles. The number of ether oxygens (including phenoxy) is 3. The fourth-order valence-corrected chi connectivity index (χ4v) is 6.87. The highest BCUT2D eigenvalue weighted by Gasteiger charge is 2.43. The Bertz CT molecular complexity index is 1280. The summed E-state index contributed by atoms with van der Waals surface area (Å²) in [4.78, 5) is 31.6. The molecule has 6 rings (SSSR count). The highest BCUT2D eigenvalue weighted by Crippen LogP contribution is 2.36. The molecular weight excluding hydrogens is 562 g/mol. The third-order valence-electron chi connectivity index (χ3n) is 9.24. The van der Waals surface area contributed by atoms with Gasteiger partial charge in [0.25, 0.3) is 5.91 Å². The fourth-order valence-electron chi connectivity index (χ4n) is 6.87. The number of alkyl halides is 2. The first-order chi connectivity index (χ1) is 20.8. The second-order valence-corrected chi connectivity index (χ2v) is 12.0. The summed E-state index contributed by atoms with van der Waals surface area (Å²) in [5, 5.41) is 11.6. The van der Waals surface area contributed by atoms with Crippen molar-refractivity contribution in [3.8, 4) is 5.75 Å². The van der Waals surface area contributed by atoms with Crippen LogP contribution in [0.25, 0.3) is 0 Å². The molecule has 2 saturated heterocycles. The van der Waals surface area contributed by atoms with E-state index in [9.17, 15) is 18.4 Å². The van der Waals surface area contributed by atoms with E-state index in [0.29, 0.717) is 62.6 Å². The number of aromatic nitrogens is 3. The minimum atomic E-state index is -2.64. The zero-order valence-electron chi connectivity index (χ0n) is 24.5. The zero-order chi connectivity index (χ0) is 30.0. The number of rotatable bonds is 4. The molecule has 4 atom stereocenters. The molecule has 11 nitrogen and oxygen atoms in total. The van der Waals surface area contributed by atoms with Gasteiger partial charge in [0.1, 0.15) is 17.5 Å². The molecule has 1 aromatic heterocycles. The maximum atomic E-state index is 13.9. The van der Waals surface area contributed by atoms with Crippen molar-refractivity contribution in [2.45, 2.75) is 87.8 Å². The molecule has 2 bridgehead atoms. The Balaban J connectivity index is 1.26. The van der Waals surface area contributed by atoms with Gasteiger partial charge in [0, 0.05) is 58.6 Å². The Hall–Kier alpha value is -3.16. The van der Waals surface area contributed by atoms with Gasteiger partial charge in [0.2, 0.25) is 11.8 Å². The summed E-state index contributed by atoms with van der Waals surface area (Å²) in [7, 11) is 1.60. The van der Waals surface area contributed by atoms with Crippen molar-refractivity contribution in [1.82, 2.24) is 30.1 Å². The predicted octanol–water partition coefficient (Wildman–Crippen LogP) is 2.82. The monoisotopic (exact) mass is 602 g/mol. The van der Waals surface area contributed by atoms with Crippen molar-refractivity contribution in [2.75, 3.05) is 39.9 Å². The average molecular weight is 603 g/mol. The first kappa shape index (κ1) is 29.9. The number of nitrogens with one attached hydrogen (secondary N) is 1. The highest BCUT2D eigenvalue weighted by molar-refractivity contribution is 6.00. The Morgan fingerprint density at radius 3 is 2.72 bits per heavy atom. The minimum absolute atomic E-state index is 0.0474. The van der Waals surface area contributed by atoms with Gasteiger partial charge < -0.3 is 24.4 Å².